The van der Waals surface area contributed by atoms with E-state index in [0.29, 0.717) is 0 Å². The van der Waals surface area contributed by atoms with Crippen LogP contribution in [0.2, 0.25) is 0 Å². The normalized spacial score (nSPS) is 11.0. The van der Waals surface area contributed by atoms with Crippen LogP contribution in [0.1, 0.15) is 0 Å². The Morgan fingerprint density at radius 3 is 1.67 bits per heavy atom. The van der Waals surface area contributed by atoms with Crippen molar-refractivity contribution in [1.29, 1.82) is 0 Å². The van der Waals surface area contributed by atoms with Crippen molar-refractivity contribution in [3.8, 4) is 0 Å². The van der Waals surface area contributed by atoms with E-state index in [0.717, 1.165) is 0 Å². The maximum Gasteiger partial charge on any atom is 0.329 e. The number of urea groups is 1. The van der Waals surface area contributed by atoms with Crippen molar-refractivity contribution in [2.45, 2.75) is 0 Å². The fourth-order valence-electron chi connectivity index (χ4n) is 0.694. The topological polar surface area (TPSA) is 48.3 Å². The van der Waals surface area contributed by atoms with E-state index in [1.54, 1.807) is 28.2 Å². The van der Waals surface area contributed by atoms with E-state index >= 15 is 0 Å². The minimum atomic E-state index is -0.175. The Kier molecular flexibility index (Phi) is 4.67. The molecule has 0 aliphatic heterocycles. The summed E-state index contributed by atoms with van der Waals surface area (Å²) in [5.41, 5.74) is 0. The first-order valence-corrected chi connectivity index (χ1v) is 3.47. The Labute approximate surface area is 72.4 Å². The van der Waals surface area contributed by atoms with E-state index in [1.807, 2.05) is 0 Å². The van der Waals surface area contributed by atoms with Gasteiger partial charge in [-0.15, -0.1) is 0 Å². The third-order valence-corrected chi connectivity index (χ3v) is 1.18. The van der Waals surface area contributed by atoms with Crippen LogP contribution in [0.25, 0.3) is 0 Å². The molecule has 0 fully saturated rings. The van der Waals surface area contributed by atoms with Crippen LogP contribution < -0.4 is 0 Å². The number of aliphatic imine (C=N–C) groups is 2. The van der Waals surface area contributed by atoms with Gasteiger partial charge in [-0.3, -0.25) is 19.8 Å². The van der Waals surface area contributed by atoms with Crippen LogP contribution in [-0.4, -0.2) is 56.7 Å². The van der Waals surface area contributed by atoms with Crippen LogP contribution in [-0.2, 0) is 0 Å². The van der Waals surface area contributed by atoms with Gasteiger partial charge in [-0.1, -0.05) is 0 Å². The summed E-state index contributed by atoms with van der Waals surface area (Å²) in [7, 11) is 6.49. The lowest BCUT2D eigenvalue weighted by molar-refractivity contribution is 0.212. The lowest BCUT2D eigenvalue weighted by Crippen LogP contribution is -2.37. The van der Waals surface area contributed by atoms with E-state index in [1.165, 1.54) is 22.5 Å². The SMILES string of the molecule is C/N=C\N(C)C(=O)N(C)/C=N\C. The first kappa shape index (κ1) is 10.6. The summed E-state index contributed by atoms with van der Waals surface area (Å²) >= 11 is 0. The molecular weight excluding hydrogens is 156 g/mol. The zero-order chi connectivity index (χ0) is 9.56. The highest BCUT2D eigenvalue weighted by Crippen LogP contribution is 1.87. The second kappa shape index (κ2) is 5.29. The molecule has 0 saturated carbocycles. The minimum Gasteiger partial charge on any atom is -0.288 e. The molecule has 0 aromatic heterocycles. The van der Waals surface area contributed by atoms with Gasteiger partial charge in [0.2, 0.25) is 0 Å². The summed E-state index contributed by atoms with van der Waals surface area (Å²) in [4.78, 5) is 21.5. The molecule has 0 bridgehead atoms. The molecule has 0 rings (SSSR count). The smallest absolute Gasteiger partial charge is 0.288 e. The van der Waals surface area contributed by atoms with Crippen LogP contribution in [0.15, 0.2) is 9.98 Å². The second-order valence-electron chi connectivity index (χ2n) is 2.25. The molecule has 0 heterocycles. The number of rotatable bonds is 2. The number of hydrogen-bond donors (Lipinski definition) is 0. The maximum atomic E-state index is 11.3. The predicted octanol–water partition coefficient (Wildman–Crippen LogP) is 0.286. The molecule has 0 unspecified atom stereocenters. The first-order valence-electron chi connectivity index (χ1n) is 3.47. The van der Waals surface area contributed by atoms with Gasteiger partial charge < -0.3 is 0 Å². The molecule has 0 aliphatic rings. The lowest BCUT2D eigenvalue weighted by Gasteiger charge is -2.16. The molecule has 12 heavy (non-hydrogen) atoms. The largest absolute Gasteiger partial charge is 0.329 e. The fraction of sp³-hybridized carbons (Fsp3) is 0.571. The Bertz CT molecular complexity index is 180. The molecule has 0 aromatic rings. The fourth-order valence-corrected chi connectivity index (χ4v) is 0.694. The van der Waals surface area contributed by atoms with Crippen molar-refractivity contribution < 1.29 is 4.79 Å². The molecule has 0 atom stereocenters. The van der Waals surface area contributed by atoms with E-state index in [9.17, 15) is 4.79 Å². The first-order chi connectivity index (χ1) is 5.63. The molecule has 0 spiro atoms. The van der Waals surface area contributed by atoms with E-state index < -0.39 is 0 Å². The summed E-state index contributed by atoms with van der Waals surface area (Å²) in [6.07, 6.45) is 2.89. The Balaban J connectivity index is 4.18. The van der Waals surface area contributed by atoms with Crippen LogP contribution in [0, 0.1) is 0 Å². The van der Waals surface area contributed by atoms with E-state index in [2.05, 4.69) is 9.98 Å². The van der Waals surface area contributed by atoms with E-state index in [4.69, 9.17) is 0 Å². The second-order valence-corrected chi connectivity index (χ2v) is 2.25. The van der Waals surface area contributed by atoms with Gasteiger partial charge >= 0.3 is 6.03 Å². The van der Waals surface area contributed by atoms with Crippen LogP contribution >= 0.6 is 0 Å². The maximum absolute atomic E-state index is 11.3. The molecule has 2 amide bonds. The number of carbonyl (C=O) groups excluding carboxylic acids is 1. The molecule has 0 aromatic carbocycles. The molecular formula is C7H14N4O. The Morgan fingerprint density at radius 2 is 1.42 bits per heavy atom. The van der Waals surface area contributed by atoms with Crippen molar-refractivity contribution in [1.82, 2.24) is 9.80 Å². The number of nitrogens with zero attached hydrogens (tertiary/aromatic N) is 4. The zero-order valence-electron chi connectivity index (χ0n) is 7.85. The Morgan fingerprint density at radius 1 is 1.08 bits per heavy atom. The van der Waals surface area contributed by atoms with Gasteiger partial charge in [-0.05, 0) is 0 Å². The summed E-state index contributed by atoms with van der Waals surface area (Å²) in [5.74, 6) is 0. The lowest BCUT2D eigenvalue weighted by atomic mass is 10.7. The van der Waals surface area contributed by atoms with Crippen molar-refractivity contribution in [2.24, 2.45) is 9.98 Å². The van der Waals surface area contributed by atoms with Gasteiger partial charge in [-0.2, -0.15) is 0 Å². The van der Waals surface area contributed by atoms with Gasteiger partial charge in [0.05, 0.1) is 12.7 Å². The van der Waals surface area contributed by atoms with Gasteiger partial charge in [0.25, 0.3) is 0 Å². The third kappa shape index (κ3) is 3.14. The predicted molar refractivity (Wildman–Crippen MR) is 49.8 cm³/mol. The molecule has 0 N–H and O–H groups in total. The summed E-state index contributed by atoms with van der Waals surface area (Å²) in [6, 6.07) is -0.175. The van der Waals surface area contributed by atoms with Gasteiger partial charge in [0, 0.05) is 28.2 Å². The molecule has 0 saturated heterocycles. The summed E-state index contributed by atoms with van der Waals surface area (Å²) in [6.45, 7) is 0. The highest BCUT2D eigenvalue weighted by Gasteiger charge is 2.09. The molecule has 68 valence electrons. The highest BCUT2D eigenvalue weighted by atomic mass is 16.2. The van der Waals surface area contributed by atoms with Crippen molar-refractivity contribution in [3.05, 3.63) is 0 Å². The zero-order valence-corrected chi connectivity index (χ0v) is 7.85. The van der Waals surface area contributed by atoms with Gasteiger partial charge in [0.1, 0.15) is 0 Å². The van der Waals surface area contributed by atoms with Crippen LogP contribution in [0.3, 0.4) is 0 Å². The Hall–Kier alpha value is -1.39. The van der Waals surface area contributed by atoms with Gasteiger partial charge in [-0.25, -0.2) is 4.79 Å². The molecule has 0 radical (unpaired) electrons. The average molecular weight is 170 g/mol. The molecule has 0 aliphatic carbocycles. The highest BCUT2D eigenvalue weighted by molar-refractivity contribution is 5.92. The van der Waals surface area contributed by atoms with Crippen LogP contribution in [0.4, 0.5) is 4.79 Å². The number of amides is 2. The van der Waals surface area contributed by atoms with Crippen molar-refractivity contribution in [3.63, 3.8) is 0 Å². The number of carbonyl (C=O) groups is 1. The van der Waals surface area contributed by atoms with Crippen LogP contribution in [0.5, 0.6) is 0 Å². The average Bonchev–Trinajstić information content (AvgIpc) is 2.04. The van der Waals surface area contributed by atoms with Gasteiger partial charge in [0.15, 0.2) is 0 Å². The minimum absolute atomic E-state index is 0.175. The summed E-state index contributed by atoms with van der Waals surface area (Å²) < 4.78 is 0. The van der Waals surface area contributed by atoms with E-state index in [-0.39, 0.29) is 6.03 Å². The number of hydrogen-bond acceptors (Lipinski definition) is 3. The molecule has 5 heteroatoms. The third-order valence-electron chi connectivity index (χ3n) is 1.18. The summed E-state index contributed by atoms with van der Waals surface area (Å²) in [5, 5.41) is 0. The van der Waals surface area contributed by atoms with Crippen molar-refractivity contribution >= 4 is 18.7 Å². The quantitative estimate of drug-likeness (QED) is 0.434. The standard InChI is InChI=1S/C7H14N4O/c1-8-5-10(3)7(12)11(4)6-9-2/h5-6H,1-4H3/b8-5-,9-6-. The molecule has 5 nitrogen and oxygen atoms in total. The van der Waals surface area contributed by atoms with Crippen molar-refractivity contribution in [2.75, 3.05) is 28.2 Å². The monoisotopic (exact) mass is 170 g/mol.